The minimum absolute atomic E-state index is 0.298. The topological polar surface area (TPSA) is 12.0 Å². The molecule has 2 rings (SSSR count). The number of rotatable bonds is 3. The van der Waals surface area contributed by atoms with Crippen LogP contribution in [0.25, 0.3) is 0 Å². The van der Waals surface area contributed by atoms with Gasteiger partial charge in [0.25, 0.3) is 0 Å². The minimum atomic E-state index is -1.10. The molecule has 0 aromatic heterocycles. The van der Waals surface area contributed by atoms with Crippen LogP contribution in [-0.4, -0.2) is 0 Å². The maximum absolute atomic E-state index is 13.5. The molecule has 1 N–H and O–H groups in total. The summed E-state index contributed by atoms with van der Waals surface area (Å²) in [5.74, 6) is -5.31. The van der Waals surface area contributed by atoms with Crippen LogP contribution in [0, 0.1) is 29.1 Å². The van der Waals surface area contributed by atoms with Crippen molar-refractivity contribution in [2.24, 2.45) is 0 Å². The summed E-state index contributed by atoms with van der Waals surface area (Å²) in [5.41, 5.74) is -0.226. The molecule has 0 spiro atoms. The quantitative estimate of drug-likeness (QED) is 0.816. The molecule has 2 aromatic carbocycles. The molecule has 0 aliphatic rings. The summed E-state index contributed by atoms with van der Waals surface area (Å²) < 4.78 is 65.6. The third kappa shape index (κ3) is 2.89. The van der Waals surface area contributed by atoms with Gasteiger partial charge in [0, 0.05) is 18.2 Å². The van der Waals surface area contributed by atoms with Gasteiger partial charge in [-0.05, 0) is 24.6 Å². The number of hydrogen-bond donors (Lipinski definition) is 1. The Hall–Kier alpha value is -2.11. The molecular formula is C14H10F5N. The lowest BCUT2D eigenvalue weighted by atomic mass is 10.1. The molecule has 1 atom stereocenters. The van der Waals surface area contributed by atoms with Gasteiger partial charge in [-0.25, -0.2) is 22.0 Å². The molecule has 0 radical (unpaired) electrons. The second-order valence-corrected chi connectivity index (χ2v) is 4.28. The molecule has 2 aromatic rings. The molecule has 0 heterocycles. The number of hydrogen-bond acceptors (Lipinski definition) is 1. The number of anilines is 1. The Bertz CT molecular complexity index is 618. The van der Waals surface area contributed by atoms with Gasteiger partial charge in [-0.15, -0.1) is 0 Å². The van der Waals surface area contributed by atoms with Crippen molar-refractivity contribution in [3.05, 3.63) is 65.0 Å². The summed E-state index contributed by atoms with van der Waals surface area (Å²) in [5, 5.41) is 2.46. The van der Waals surface area contributed by atoms with Crippen molar-refractivity contribution in [1.82, 2.24) is 0 Å². The third-order valence-electron chi connectivity index (χ3n) is 2.81. The molecule has 0 bridgehead atoms. The van der Waals surface area contributed by atoms with E-state index in [-0.39, 0.29) is 0 Å². The summed E-state index contributed by atoms with van der Waals surface area (Å²) in [6.45, 7) is 1.51. The zero-order chi connectivity index (χ0) is 14.9. The van der Waals surface area contributed by atoms with E-state index in [1.165, 1.54) is 13.0 Å². The number of nitrogens with one attached hydrogen (secondary N) is 1. The highest BCUT2D eigenvalue weighted by Crippen LogP contribution is 2.26. The summed E-state index contributed by atoms with van der Waals surface area (Å²) in [4.78, 5) is 0. The van der Waals surface area contributed by atoms with Gasteiger partial charge in [0.15, 0.2) is 23.3 Å². The Balaban J connectivity index is 2.27. The average Bonchev–Trinajstić information content (AvgIpc) is 2.36. The van der Waals surface area contributed by atoms with Crippen LogP contribution in [0.4, 0.5) is 27.6 Å². The second kappa shape index (κ2) is 5.48. The van der Waals surface area contributed by atoms with Crippen molar-refractivity contribution in [3.63, 3.8) is 0 Å². The fourth-order valence-corrected chi connectivity index (χ4v) is 1.76. The number of benzene rings is 2. The largest absolute Gasteiger partial charge is 0.374 e. The van der Waals surface area contributed by atoms with E-state index in [1.54, 1.807) is 0 Å². The van der Waals surface area contributed by atoms with E-state index >= 15 is 0 Å². The monoisotopic (exact) mass is 287 g/mol. The molecule has 0 fully saturated rings. The van der Waals surface area contributed by atoms with E-state index in [2.05, 4.69) is 5.32 Å². The SMILES string of the molecule is CC(Nc1c(F)cc(F)cc1F)c1ccc(F)c(F)c1. The lowest BCUT2D eigenvalue weighted by molar-refractivity contribution is 0.506. The summed E-state index contributed by atoms with van der Waals surface area (Å²) in [7, 11) is 0. The standard InChI is InChI=1S/C14H10F5N/c1-7(8-2-3-10(16)11(17)4-8)20-14-12(18)5-9(15)6-13(14)19/h2-7,20H,1H3. The van der Waals surface area contributed by atoms with Crippen molar-refractivity contribution in [1.29, 1.82) is 0 Å². The van der Waals surface area contributed by atoms with Crippen LogP contribution in [0.15, 0.2) is 30.3 Å². The van der Waals surface area contributed by atoms with Crippen molar-refractivity contribution in [2.45, 2.75) is 13.0 Å². The molecule has 6 heteroatoms. The lowest BCUT2D eigenvalue weighted by Gasteiger charge is -2.17. The predicted octanol–water partition coefficient (Wildman–Crippen LogP) is 4.56. The van der Waals surface area contributed by atoms with Gasteiger partial charge in [-0.3, -0.25) is 0 Å². The lowest BCUT2D eigenvalue weighted by Crippen LogP contribution is -2.10. The van der Waals surface area contributed by atoms with E-state index in [9.17, 15) is 22.0 Å². The number of halogens is 5. The first-order valence-electron chi connectivity index (χ1n) is 5.74. The fourth-order valence-electron chi connectivity index (χ4n) is 1.76. The molecule has 0 saturated heterocycles. The summed E-state index contributed by atoms with van der Waals surface area (Å²) >= 11 is 0. The van der Waals surface area contributed by atoms with Gasteiger partial charge in [0.05, 0.1) is 0 Å². The maximum atomic E-state index is 13.5. The van der Waals surface area contributed by atoms with Gasteiger partial charge in [-0.1, -0.05) is 6.07 Å². The van der Waals surface area contributed by atoms with Gasteiger partial charge in [0.1, 0.15) is 11.5 Å². The first-order valence-corrected chi connectivity index (χ1v) is 5.74. The van der Waals surface area contributed by atoms with E-state index < -0.39 is 40.8 Å². The Morgan fingerprint density at radius 3 is 1.95 bits per heavy atom. The molecule has 20 heavy (non-hydrogen) atoms. The minimum Gasteiger partial charge on any atom is -0.374 e. The van der Waals surface area contributed by atoms with Gasteiger partial charge >= 0.3 is 0 Å². The maximum Gasteiger partial charge on any atom is 0.159 e. The Labute approximate surface area is 112 Å². The van der Waals surface area contributed by atoms with E-state index in [1.807, 2.05) is 0 Å². The van der Waals surface area contributed by atoms with Crippen molar-refractivity contribution < 1.29 is 22.0 Å². The van der Waals surface area contributed by atoms with E-state index in [0.717, 1.165) is 12.1 Å². The highest BCUT2D eigenvalue weighted by Gasteiger charge is 2.15. The highest BCUT2D eigenvalue weighted by atomic mass is 19.2. The van der Waals surface area contributed by atoms with Crippen LogP contribution in [0.5, 0.6) is 0 Å². The Morgan fingerprint density at radius 1 is 0.800 bits per heavy atom. The van der Waals surface area contributed by atoms with Crippen LogP contribution < -0.4 is 5.32 Å². The molecular weight excluding hydrogens is 277 g/mol. The van der Waals surface area contributed by atoms with Crippen LogP contribution >= 0.6 is 0 Å². The Kier molecular flexibility index (Phi) is 3.92. The first kappa shape index (κ1) is 14.3. The molecule has 0 aliphatic heterocycles. The zero-order valence-electron chi connectivity index (χ0n) is 10.4. The van der Waals surface area contributed by atoms with Crippen LogP contribution in [0.3, 0.4) is 0 Å². The fraction of sp³-hybridized carbons (Fsp3) is 0.143. The molecule has 1 nitrogen and oxygen atoms in total. The molecule has 0 amide bonds. The van der Waals surface area contributed by atoms with Crippen LogP contribution in [0.2, 0.25) is 0 Å². The smallest absolute Gasteiger partial charge is 0.159 e. The third-order valence-corrected chi connectivity index (χ3v) is 2.81. The van der Waals surface area contributed by atoms with Crippen molar-refractivity contribution in [2.75, 3.05) is 5.32 Å². The van der Waals surface area contributed by atoms with Crippen molar-refractivity contribution in [3.8, 4) is 0 Å². The Morgan fingerprint density at radius 2 is 1.40 bits per heavy atom. The van der Waals surface area contributed by atoms with Crippen molar-refractivity contribution >= 4 is 5.69 Å². The van der Waals surface area contributed by atoms with E-state index in [4.69, 9.17) is 0 Å². The van der Waals surface area contributed by atoms with E-state index in [0.29, 0.717) is 17.7 Å². The van der Waals surface area contributed by atoms with Crippen LogP contribution in [-0.2, 0) is 0 Å². The normalized spacial score (nSPS) is 12.3. The second-order valence-electron chi connectivity index (χ2n) is 4.28. The predicted molar refractivity (Wildman–Crippen MR) is 64.7 cm³/mol. The molecule has 106 valence electrons. The summed E-state index contributed by atoms with van der Waals surface area (Å²) in [6, 6.07) is 3.49. The van der Waals surface area contributed by atoms with Gasteiger partial charge in [0.2, 0.25) is 0 Å². The molecule has 0 saturated carbocycles. The zero-order valence-corrected chi connectivity index (χ0v) is 10.4. The highest BCUT2D eigenvalue weighted by molar-refractivity contribution is 5.48. The molecule has 1 unspecified atom stereocenters. The first-order chi connectivity index (χ1) is 9.38. The summed E-state index contributed by atoms with van der Waals surface area (Å²) in [6.07, 6.45) is 0. The van der Waals surface area contributed by atoms with Crippen LogP contribution in [0.1, 0.15) is 18.5 Å². The molecule has 0 aliphatic carbocycles. The average molecular weight is 287 g/mol. The van der Waals surface area contributed by atoms with Gasteiger partial charge in [-0.2, -0.15) is 0 Å². The van der Waals surface area contributed by atoms with Gasteiger partial charge < -0.3 is 5.32 Å².